The van der Waals surface area contributed by atoms with Crippen LogP contribution in [0.1, 0.15) is 43.1 Å². The van der Waals surface area contributed by atoms with Crippen molar-refractivity contribution >= 4 is 21.9 Å². The highest BCUT2D eigenvalue weighted by Crippen LogP contribution is 2.24. The minimum absolute atomic E-state index is 0.0276. The third-order valence-electron chi connectivity index (χ3n) is 4.32. The number of carbonyl (C=O) groups excluding carboxylic acids is 1. The molecule has 2 rings (SSSR count). The van der Waals surface area contributed by atoms with Crippen molar-refractivity contribution in [2.45, 2.75) is 37.5 Å². The molecule has 0 bridgehead atoms. The van der Waals surface area contributed by atoms with E-state index < -0.39 is 21.9 Å². The topological polar surface area (TPSA) is 109 Å². The fourth-order valence-electron chi connectivity index (χ4n) is 2.95. The van der Waals surface area contributed by atoms with Crippen LogP contribution in [0.25, 0.3) is 0 Å². The van der Waals surface area contributed by atoms with Crippen molar-refractivity contribution in [3.05, 3.63) is 18.0 Å². The molecule has 1 aromatic rings. The minimum atomic E-state index is -3.61. The summed E-state index contributed by atoms with van der Waals surface area (Å²) in [6, 6.07) is 1.38. The number of aromatic nitrogens is 1. The van der Waals surface area contributed by atoms with Crippen LogP contribution in [0.15, 0.2) is 17.2 Å². The van der Waals surface area contributed by atoms with Gasteiger partial charge in [-0.3, -0.25) is 9.59 Å². The monoisotopic (exact) mass is 371 g/mol. The Kier molecular flexibility index (Phi) is 6.23. The van der Waals surface area contributed by atoms with Crippen LogP contribution >= 0.6 is 0 Å². The molecule has 1 amide bonds. The van der Waals surface area contributed by atoms with E-state index in [4.69, 9.17) is 5.11 Å². The third kappa shape index (κ3) is 4.82. The van der Waals surface area contributed by atoms with Crippen molar-refractivity contribution in [2.75, 3.05) is 19.6 Å². The molecule has 9 heteroatoms. The van der Waals surface area contributed by atoms with E-state index >= 15 is 0 Å². The lowest BCUT2D eigenvalue weighted by atomic mass is 10.0. The number of hydrogen-bond acceptors (Lipinski definition) is 4. The smallest absolute Gasteiger partial charge is 0.303 e. The van der Waals surface area contributed by atoms with Gasteiger partial charge >= 0.3 is 5.97 Å². The highest BCUT2D eigenvalue weighted by Gasteiger charge is 2.30. The number of aliphatic carboxylic acids is 1. The van der Waals surface area contributed by atoms with Crippen molar-refractivity contribution in [3.63, 3.8) is 0 Å². The van der Waals surface area contributed by atoms with E-state index in [0.717, 1.165) is 12.8 Å². The highest BCUT2D eigenvalue weighted by molar-refractivity contribution is 7.89. The fraction of sp³-hybridized carbons (Fsp3) is 0.625. The van der Waals surface area contributed by atoms with Gasteiger partial charge in [-0.1, -0.05) is 6.92 Å². The summed E-state index contributed by atoms with van der Waals surface area (Å²) < 4.78 is 28.5. The van der Waals surface area contributed by atoms with Crippen molar-refractivity contribution in [1.29, 1.82) is 0 Å². The maximum atomic E-state index is 12.8. The second-order valence-corrected chi connectivity index (χ2v) is 8.47. The minimum Gasteiger partial charge on any atom is -0.481 e. The molecule has 8 nitrogen and oxygen atoms in total. The van der Waals surface area contributed by atoms with Gasteiger partial charge in [-0.05, 0) is 31.2 Å². The first-order valence-corrected chi connectivity index (χ1v) is 9.82. The lowest BCUT2D eigenvalue weighted by Gasteiger charge is -2.29. The number of carboxylic acid groups (broad SMARTS) is 1. The maximum Gasteiger partial charge on any atom is 0.303 e. The lowest BCUT2D eigenvalue weighted by Crippen LogP contribution is -2.38. The number of nitrogens with one attached hydrogen (secondary N) is 1. The number of rotatable bonds is 7. The van der Waals surface area contributed by atoms with E-state index in [1.165, 1.54) is 21.1 Å². The molecule has 2 heterocycles. The second kappa shape index (κ2) is 8.01. The molecule has 0 radical (unpaired) electrons. The van der Waals surface area contributed by atoms with Crippen LogP contribution in [0.2, 0.25) is 0 Å². The first-order chi connectivity index (χ1) is 11.7. The molecule has 25 heavy (non-hydrogen) atoms. The van der Waals surface area contributed by atoms with Gasteiger partial charge in [-0.15, -0.1) is 0 Å². The Bertz CT molecular complexity index is 741. The van der Waals surface area contributed by atoms with Gasteiger partial charge in [0.05, 0.1) is 0 Å². The van der Waals surface area contributed by atoms with E-state index in [-0.39, 0.29) is 23.6 Å². The van der Waals surface area contributed by atoms with Crippen molar-refractivity contribution in [2.24, 2.45) is 13.0 Å². The molecule has 1 saturated heterocycles. The van der Waals surface area contributed by atoms with Crippen LogP contribution in [0, 0.1) is 5.92 Å². The summed E-state index contributed by atoms with van der Waals surface area (Å²) in [5, 5.41) is 11.2. The summed E-state index contributed by atoms with van der Waals surface area (Å²) in [6.07, 6.45) is 3.60. The Morgan fingerprint density at radius 3 is 2.76 bits per heavy atom. The number of carbonyl (C=O) groups is 2. The van der Waals surface area contributed by atoms with E-state index in [1.807, 2.05) is 6.92 Å². The Balaban J connectivity index is 2.08. The first kappa shape index (κ1) is 19.5. The molecule has 1 fully saturated rings. The first-order valence-electron chi connectivity index (χ1n) is 8.38. The molecule has 1 atom stereocenters. The number of hydrogen-bond donors (Lipinski definition) is 2. The Morgan fingerprint density at radius 2 is 2.12 bits per heavy atom. The van der Waals surface area contributed by atoms with Gasteiger partial charge in [0.1, 0.15) is 10.6 Å². The van der Waals surface area contributed by atoms with Gasteiger partial charge in [0.15, 0.2) is 0 Å². The van der Waals surface area contributed by atoms with Gasteiger partial charge < -0.3 is 15.0 Å². The molecule has 140 valence electrons. The molecule has 0 aromatic carbocycles. The summed E-state index contributed by atoms with van der Waals surface area (Å²) >= 11 is 0. The highest BCUT2D eigenvalue weighted by atomic mass is 32.2. The van der Waals surface area contributed by atoms with Gasteiger partial charge in [-0.25, -0.2) is 8.42 Å². The third-order valence-corrected chi connectivity index (χ3v) is 6.15. The molecule has 0 saturated carbocycles. The molecule has 1 unspecified atom stereocenters. The van der Waals surface area contributed by atoms with Crippen molar-refractivity contribution in [1.82, 2.24) is 14.2 Å². The summed E-state index contributed by atoms with van der Waals surface area (Å²) in [5.41, 5.74) is 0.235. The molecule has 0 spiro atoms. The molecule has 1 aliphatic heterocycles. The molecule has 1 aromatic heterocycles. The molecular formula is C16H25N3O5S. The fourth-order valence-corrected chi connectivity index (χ4v) is 4.62. The van der Waals surface area contributed by atoms with E-state index in [2.05, 4.69) is 5.32 Å². The number of aryl methyl sites for hydroxylation is 1. The van der Waals surface area contributed by atoms with Crippen LogP contribution < -0.4 is 5.32 Å². The summed E-state index contributed by atoms with van der Waals surface area (Å²) in [7, 11) is -2.00. The molecular weight excluding hydrogens is 346 g/mol. The molecule has 0 aliphatic carbocycles. The van der Waals surface area contributed by atoms with Gasteiger partial charge in [0.2, 0.25) is 10.0 Å². The number of sulfonamides is 1. The van der Waals surface area contributed by atoms with E-state index in [0.29, 0.717) is 25.4 Å². The number of nitrogens with zero attached hydrogens (tertiary/aromatic N) is 2. The summed E-state index contributed by atoms with van der Waals surface area (Å²) in [4.78, 5) is 22.8. The van der Waals surface area contributed by atoms with E-state index in [9.17, 15) is 18.0 Å². The predicted molar refractivity (Wildman–Crippen MR) is 91.8 cm³/mol. The van der Waals surface area contributed by atoms with Crippen LogP contribution in [0.5, 0.6) is 0 Å². The van der Waals surface area contributed by atoms with Gasteiger partial charge in [-0.2, -0.15) is 4.31 Å². The zero-order valence-corrected chi connectivity index (χ0v) is 15.4. The van der Waals surface area contributed by atoms with Crippen molar-refractivity contribution in [3.8, 4) is 0 Å². The standard InChI is InChI=1S/C16H25N3O5S/c1-12-5-4-8-19(10-12)25(23,24)13-9-14(18(2)11-13)16(22)17-7-3-6-15(20)21/h9,11-12H,3-8,10H2,1-2H3,(H,17,22)(H,20,21). The lowest BCUT2D eigenvalue weighted by molar-refractivity contribution is -0.137. The summed E-state index contributed by atoms with van der Waals surface area (Å²) in [6.45, 7) is 3.25. The number of piperidine rings is 1. The van der Waals surface area contributed by atoms with Crippen LogP contribution in [-0.2, 0) is 21.9 Å². The normalized spacial score (nSPS) is 18.9. The largest absolute Gasteiger partial charge is 0.481 e. The second-order valence-electron chi connectivity index (χ2n) is 6.54. The average molecular weight is 371 g/mol. The Labute approximate surface area is 147 Å². The SMILES string of the molecule is CC1CCCN(S(=O)(=O)c2cc(C(=O)NCCCC(=O)O)n(C)c2)C1. The zero-order valence-electron chi connectivity index (χ0n) is 14.6. The maximum absolute atomic E-state index is 12.8. The van der Waals surface area contributed by atoms with Gasteiger partial charge in [0.25, 0.3) is 5.91 Å². The number of amides is 1. The Hall–Kier alpha value is -1.87. The van der Waals surface area contributed by atoms with Gasteiger partial charge in [0, 0.05) is 39.3 Å². The zero-order chi connectivity index (χ0) is 18.6. The molecule has 2 N–H and O–H groups in total. The average Bonchev–Trinajstić information content (AvgIpc) is 2.94. The number of carboxylic acids is 1. The van der Waals surface area contributed by atoms with Crippen LogP contribution in [0.4, 0.5) is 0 Å². The quantitative estimate of drug-likeness (QED) is 0.696. The predicted octanol–water partition coefficient (Wildman–Crippen LogP) is 1.04. The summed E-state index contributed by atoms with van der Waals surface area (Å²) in [5.74, 6) is -1.01. The molecule has 1 aliphatic rings. The van der Waals surface area contributed by atoms with Crippen molar-refractivity contribution < 1.29 is 23.1 Å². The Morgan fingerprint density at radius 1 is 1.40 bits per heavy atom. The van der Waals surface area contributed by atoms with Crippen LogP contribution in [0.3, 0.4) is 0 Å². The van der Waals surface area contributed by atoms with Crippen LogP contribution in [-0.4, -0.2) is 53.9 Å². The van der Waals surface area contributed by atoms with E-state index in [1.54, 1.807) is 7.05 Å².